The average molecular weight is 506 g/mol. The molecule has 0 unspecified atom stereocenters. The highest BCUT2D eigenvalue weighted by atomic mass is 16.5. The van der Waals surface area contributed by atoms with Crippen molar-refractivity contribution in [1.29, 1.82) is 0 Å². The number of benzene rings is 1. The van der Waals surface area contributed by atoms with Gasteiger partial charge in [-0.25, -0.2) is 9.97 Å². The van der Waals surface area contributed by atoms with E-state index in [0.29, 0.717) is 23.6 Å². The lowest BCUT2D eigenvalue weighted by Crippen LogP contribution is -2.44. The molecule has 1 aromatic carbocycles. The van der Waals surface area contributed by atoms with Gasteiger partial charge < -0.3 is 25.5 Å². The molecule has 4 N–H and O–H groups in total. The molecule has 0 aliphatic heterocycles. The van der Waals surface area contributed by atoms with Crippen molar-refractivity contribution < 1.29 is 19.4 Å². The molecule has 9 nitrogen and oxygen atoms in total. The fourth-order valence-corrected chi connectivity index (χ4v) is 5.12. The number of aryl methyl sites for hydroxylation is 2. The topological polar surface area (TPSA) is 129 Å². The fraction of sp³-hybridized carbons (Fsp3) is 0.500. The lowest BCUT2D eigenvalue weighted by Gasteiger charge is -2.29. The van der Waals surface area contributed by atoms with Crippen LogP contribution >= 0.6 is 0 Å². The molecule has 2 aliphatic carbocycles. The number of ether oxygens (including phenoxy) is 1. The van der Waals surface area contributed by atoms with Crippen molar-refractivity contribution in [1.82, 2.24) is 25.6 Å². The van der Waals surface area contributed by atoms with Crippen molar-refractivity contribution in [2.24, 2.45) is 5.92 Å². The summed E-state index contributed by atoms with van der Waals surface area (Å²) in [5, 5.41) is 14.9. The van der Waals surface area contributed by atoms with Gasteiger partial charge in [-0.05, 0) is 75.5 Å². The number of hydrogen-bond acceptors (Lipinski definition) is 6. The van der Waals surface area contributed by atoms with Crippen molar-refractivity contribution >= 4 is 22.8 Å². The zero-order valence-electron chi connectivity index (χ0n) is 21.5. The van der Waals surface area contributed by atoms with Crippen LogP contribution in [-0.4, -0.2) is 57.2 Å². The van der Waals surface area contributed by atoms with E-state index in [-0.39, 0.29) is 23.9 Å². The van der Waals surface area contributed by atoms with Crippen LogP contribution in [0.2, 0.25) is 0 Å². The average Bonchev–Trinajstić information content (AvgIpc) is 3.67. The van der Waals surface area contributed by atoms with E-state index in [2.05, 4.69) is 44.6 Å². The number of aromatic nitrogens is 3. The molecular formula is C28H35N5O4. The van der Waals surface area contributed by atoms with Crippen LogP contribution in [0.15, 0.2) is 24.5 Å². The first-order valence-electron chi connectivity index (χ1n) is 13.3. The molecule has 2 fully saturated rings. The Labute approximate surface area is 216 Å². The molecule has 2 aromatic heterocycles. The largest absolute Gasteiger partial charge is 0.493 e. The Balaban J connectivity index is 1.38. The first-order chi connectivity index (χ1) is 18.0. The van der Waals surface area contributed by atoms with Crippen molar-refractivity contribution in [2.75, 3.05) is 13.2 Å². The summed E-state index contributed by atoms with van der Waals surface area (Å²) in [6.07, 6.45) is 7.87. The summed E-state index contributed by atoms with van der Waals surface area (Å²) in [5.74, 6) is 0.910. The zero-order valence-corrected chi connectivity index (χ0v) is 21.5. The number of carbonyl (C=O) groups is 2. The van der Waals surface area contributed by atoms with Gasteiger partial charge >= 0.3 is 0 Å². The Bertz CT molecular complexity index is 1290. The van der Waals surface area contributed by atoms with E-state index in [1.54, 1.807) is 0 Å². The summed E-state index contributed by atoms with van der Waals surface area (Å²) >= 11 is 0. The molecule has 9 heteroatoms. The molecule has 2 amide bonds. The maximum atomic E-state index is 13.4. The summed E-state index contributed by atoms with van der Waals surface area (Å²) < 4.78 is 6.20. The summed E-state index contributed by atoms with van der Waals surface area (Å²) in [6, 6.07) is 6.28. The Morgan fingerprint density at radius 2 is 1.81 bits per heavy atom. The number of amides is 2. The third kappa shape index (κ3) is 5.61. The quantitative estimate of drug-likeness (QED) is 0.353. The molecule has 0 atom stereocenters. The van der Waals surface area contributed by atoms with Crippen LogP contribution in [0.3, 0.4) is 0 Å². The number of H-pyrrole nitrogens is 1. The smallest absolute Gasteiger partial charge is 0.255 e. The first kappa shape index (κ1) is 25.2. The maximum Gasteiger partial charge on any atom is 0.255 e. The van der Waals surface area contributed by atoms with Crippen molar-refractivity contribution in [3.05, 3.63) is 41.3 Å². The molecule has 0 spiro atoms. The Kier molecular flexibility index (Phi) is 7.41. The molecule has 0 bridgehead atoms. The van der Waals surface area contributed by atoms with Gasteiger partial charge in [-0.3, -0.25) is 9.59 Å². The number of aliphatic hydroxyl groups excluding tert-OH is 1. The van der Waals surface area contributed by atoms with E-state index in [4.69, 9.17) is 9.84 Å². The van der Waals surface area contributed by atoms with E-state index in [1.165, 1.54) is 24.7 Å². The number of nitrogens with one attached hydrogen (secondary N) is 3. The van der Waals surface area contributed by atoms with Gasteiger partial charge in [0.2, 0.25) is 5.91 Å². The van der Waals surface area contributed by atoms with E-state index < -0.39 is 6.61 Å². The number of fused-ring (bicyclic) bond motifs is 1. The fourth-order valence-electron chi connectivity index (χ4n) is 5.12. The Hall–Kier alpha value is -3.46. The van der Waals surface area contributed by atoms with Gasteiger partial charge in [0, 0.05) is 23.3 Å². The number of carbonyl (C=O) groups excluding carboxylic acids is 2. The molecule has 2 heterocycles. The van der Waals surface area contributed by atoms with Crippen LogP contribution in [-0.2, 0) is 11.2 Å². The Morgan fingerprint density at radius 3 is 2.49 bits per heavy atom. The molecule has 5 rings (SSSR count). The monoisotopic (exact) mass is 505 g/mol. The second kappa shape index (κ2) is 10.9. The second-order valence-corrected chi connectivity index (χ2v) is 10.3. The van der Waals surface area contributed by atoms with Crippen LogP contribution in [0.5, 0.6) is 5.75 Å². The second-order valence-electron chi connectivity index (χ2n) is 10.3. The minimum atomic E-state index is -0.503. The first-order valence-corrected chi connectivity index (χ1v) is 13.3. The number of rotatable bonds is 9. The van der Waals surface area contributed by atoms with Crippen LogP contribution in [0.4, 0.5) is 0 Å². The minimum Gasteiger partial charge on any atom is -0.493 e. The van der Waals surface area contributed by atoms with E-state index in [0.717, 1.165) is 60.3 Å². The van der Waals surface area contributed by atoms with Gasteiger partial charge in [0.05, 0.1) is 17.7 Å². The zero-order chi connectivity index (χ0) is 25.9. The summed E-state index contributed by atoms with van der Waals surface area (Å²) in [7, 11) is 0. The third-order valence-electron chi connectivity index (χ3n) is 7.45. The van der Waals surface area contributed by atoms with Gasteiger partial charge in [0.1, 0.15) is 29.9 Å². The third-order valence-corrected chi connectivity index (χ3v) is 7.45. The summed E-state index contributed by atoms with van der Waals surface area (Å²) in [5.41, 5.74) is 5.42. The standard InChI is InChI=1S/C28H35N5O4/c1-3-17-6-11-22(37-14-18-4-5-18)21(12-17)25-27-26(30-15-29-25)24(16(2)31-27)28(36)33-20-9-7-19(8-10-20)32-23(35)13-34/h6,11-12,15,18-20,31,34H,3-5,7-10,13-14H2,1-2H3,(H,32,35)(H,33,36)/t19-,20-. The molecule has 0 radical (unpaired) electrons. The van der Waals surface area contributed by atoms with E-state index in [1.807, 2.05) is 13.0 Å². The number of nitrogens with zero attached hydrogens (tertiary/aromatic N) is 2. The van der Waals surface area contributed by atoms with Gasteiger partial charge in [-0.2, -0.15) is 0 Å². The lowest BCUT2D eigenvalue weighted by atomic mass is 9.91. The highest BCUT2D eigenvalue weighted by molar-refractivity contribution is 6.09. The van der Waals surface area contributed by atoms with Gasteiger partial charge in [0.15, 0.2) is 0 Å². The summed E-state index contributed by atoms with van der Waals surface area (Å²) in [6.45, 7) is 4.20. The van der Waals surface area contributed by atoms with Gasteiger partial charge in [-0.15, -0.1) is 0 Å². The van der Waals surface area contributed by atoms with Crippen molar-refractivity contribution in [3.63, 3.8) is 0 Å². The van der Waals surface area contributed by atoms with Crippen LogP contribution in [0, 0.1) is 12.8 Å². The molecule has 3 aromatic rings. The molecule has 37 heavy (non-hydrogen) atoms. The van der Waals surface area contributed by atoms with Crippen molar-refractivity contribution in [2.45, 2.75) is 70.9 Å². The molecule has 2 aliphatic rings. The minimum absolute atomic E-state index is 0.0177. The number of hydrogen-bond donors (Lipinski definition) is 4. The predicted octanol–water partition coefficient (Wildman–Crippen LogP) is 3.43. The molecule has 0 saturated heterocycles. The highest BCUT2D eigenvalue weighted by Crippen LogP contribution is 2.37. The van der Waals surface area contributed by atoms with Crippen LogP contribution < -0.4 is 15.4 Å². The van der Waals surface area contributed by atoms with Crippen LogP contribution in [0.1, 0.15) is 67.1 Å². The molecular weight excluding hydrogens is 470 g/mol. The lowest BCUT2D eigenvalue weighted by molar-refractivity contribution is -0.124. The maximum absolute atomic E-state index is 13.4. The highest BCUT2D eigenvalue weighted by Gasteiger charge is 2.27. The van der Waals surface area contributed by atoms with Gasteiger partial charge in [-0.1, -0.05) is 13.0 Å². The van der Waals surface area contributed by atoms with E-state index in [9.17, 15) is 9.59 Å². The predicted molar refractivity (Wildman–Crippen MR) is 140 cm³/mol. The number of aliphatic hydroxyl groups is 1. The number of aromatic amines is 1. The van der Waals surface area contributed by atoms with Gasteiger partial charge in [0.25, 0.3) is 5.91 Å². The Morgan fingerprint density at radius 1 is 1.08 bits per heavy atom. The molecule has 2 saturated carbocycles. The van der Waals surface area contributed by atoms with Crippen LogP contribution in [0.25, 0.3) is 22.3 Å². The van der Waals surface area contributed by atoms with Crippen molar-refractivity contribution in [3.8, 4) is 17.0 Å². The molecule has 196 valence electrons. The SMILES string of the molecule is CCc1ccc(OCC2CC2)c(-c2ncnc3c(C(=O)N[C@H]4CC[C@H](NC(=O)CO)CC4)c(C)[nH]c23)c1. The normalized spacial score (nSPS) is 19.5. The summed E-state index contributed by atoms with van der Waals surface area (Å²) in [4.78, 5) is 37.3. The van der Waals surface area contributed by atoms with E-state index >= 15 is 0 Å².